The monoisotopic (exact) mass is 188 g/mol. The molecule has 0 fully saturated rings. The normalized spacial score (nSPS) is 11.0. The predicted octanol–water partition coefficient (Wildman–Crippen LogP) is 3.03. The van der Waals surface area contributed by atoms with E-state index in [1.807, 2.05) is 18.3 Å². The molecule has 1 rings (SSSR count). The maximum Gasteiger partial charge on any atom is 0.140 e. The van der Waals surface area contributed by atoms with Gasteiger partial charge in [0.15, 0.2) is 0 Å². The highest BCUT2D eigenvalue weighted by atomic mass is 14.7. The Morgan fingerprint density at radius 2 is 2.14 bits per heavy atom. The number of aromatic nitrogens is 1. The largest absolute Gasteiger partial charge is 0.245 e. The summed E-state index contributed by atoms with van der Waals surface area (Å²) in [6.07, 6.45) is 4.11. The maximum atomic E-state index is 8.62. The van der Waals surface area contributed by atoms with Gasteiger partial charge in [0.25, 0.3) is 0 Å². The average molecular weight is 188 g/mol. The summed E-state index contributed by atoms with van der Waals surface area (Å²) >= 11 is 0. The standard InChI is InChI=1S/C12H16N2/c1-4-7-12(2,3)10-5-6-11(8-13)14-9-10/h5-6,9H,4,7H2,1-3H3. The molecule has 0 amide bonds. The number of hydrogen-bond acceptors (Lipinski definition) is 2. The zero-order valence-corrected chi connectivity index (χ0v) is 9.04. The summed E-state index contributed by atoms with van der Waals surface area (Å²) in [5.41, 5.74) is 1.86. The molecule has 0 unspecified atom stereocenters. The second kappa shape index (κ2) is 4.23. The summed E-state index contributed by atoms with van der Waals surface area (Å²) in [4.78, 5) is 4.08. The molecule has 14 heavy (non-hydrogen) atoms. The van der Waals surface area contributed by atoms with Crippen molar-refractivity contribution in [2.75, 3.05) is 0 Å². The Balaban J connectivity index is 2.92. The first-order chi connectivity index (χ1) is 6.60. The first-order valence-electron chi connectivity index (χ1n) is 4.97. The topological polar surface area (TPSA) is 36.7 Å². The summed E-state index contributed by atoms with van der Waals surface area (Å²) < 4.78 is 0. The van der Waals surface area contributed by atoms with Gasteiger partial charge in [0.2, 0.25) is 0 Å². The minimum Gasteiger partial charge on any atom is -0.245 e. The van der Waals surface area contributed by atoms with Crippen molar-refractivity contribution < 1.29 is 0 Å². The molecular formula is C12H16N2. The third-order valence-corrected chi connectivity index (χ3v) is 2.53. The van der Waals surface area contributed by atoms with Crippen molar-refractivity contribution in [2.24, 2.45) is 0 Å². The Hall–Kier alpha value is -1.36. The molecule has 0 aliphatic rings. The summed E-state index contributed by atoms with van der Waals surface area (Å²) in [6, 6.07) is 5.81. The Bertz CT molecular complexity index is 330. The van der Waals surface area contributed by atoms with Crippen molar-refractivity contribution in [3.63, 3.8) is 0 Å². The fraction of sp³-hybridized carbons (Fsp3) is 0.500. The smallest absolute Gasteiger partial charge is 0.140 e. The second-order valence-corrected chi connectivity index (χ2v) is 4.18. The van der Waals surface area contributed by atoms with Gasteiger partial charge in [-0.3, -0.25) is 0 Å². The van der Waals surface area contributed by atoms with E-state index in [9.17, 15) is 0 Å². The zero-order chi connectivity index (χ0) is 10.6. The molecule has 1 aromatic heterocycles. The minimum atomic E-state index is 0.162. The molecule has 0 aliphatic carbocycles. The number of hydrogen-bond donors (Lipinski definition) is 0. The predicted molar refractivity (Wildman–Crippen MR) is 56.9 cm³/mol. The molecule has 0 atom stereocenters. The van der Waals surface area contributed by atoms with Crippen LogP contribution in [0.5, 0.6) is 0 Å². The van der Waals surface area contributed by atoms with Crippen molar-refractivity contribution in [1.82, 2.24) is 4.98 Å². The molecule has 0 saturated heterocycles. The number of rotatable bonds is 3. The van der Waals surface area contributed by atoms with Crippen LogP contribution in [0.2, 0.25) is 0 Å². The SMILES string of the molecule is CCCC(C)(C)c1ccc(C#N)nc1. The number of pyridine rings is 1. The van der Waals surface area contributed by atoms with Crippen molar-refractivity contribution >= 4 is 0 Å². The summed E-state index contributed by atoms with van der Waals surface area (Å²) in [7, 11) is 0. The van der Waals surface area contributed by atoms with Gasteiger partial charge < -0.3 is 0 Å². The molecular weight excluding hydrogens is 172 g/mol. The van der Waals surface area contributed by atoms with Crippen LogP contribution in [0.15, 0.2) is 18.3 Å². The molecule has 0 radical (unpaired) electrons. The lowest BCUT2D eigenvalue weighted by Crippen LogP contribution is -2.16. The fourth-order valence-corrected chi connectivity index (χ4v) is 1.63. The lowest BCUT2D eigenvalue weighted by Gasteiger charge is -2.23. The van der Waals surface area contributed by atoms with E-state index in [-0.39, 0.29) is 5.41 Å². The van der Waals surface area contributed by atoms with E-state index in [4.69, 9.17) is 5.26 Å². The van der Waals surface area contributed by atoms with Gasteiger partial charge in [0.05, 0.1) is 0 Å². The van der Waals surface area contributed by atoms with Gasteiger partial charge in [-0.15, -0.1) is 0 Å². The number of nitriles is 1. The van der Waals surface area contributed by atoms with Crippen molar-refractivity contribution in [3.05, 3.63) is 29.6 Å². The van der Waals surface area contributed by atoms with Crippen LogP contribution in [0.3, 0.4) is 0 Å². The van der Waals surface area contributed by atoms with Gasteiger partial charge in [0, 0.05) is 6.20 Å². The number of nitrogens with zero attached hydrogens (tertiary/aromatic N) is 2. The van der Waals surface area contributed by atoms with Gasteiger partial charge >= 0.3 is 0 Å². The van der Waals surface area contributed by atoms with Gasteiger partial charge in [-0.25, -0.2) is 4.98 Å². The molecule has 0 saturated carbocycles. The summed E-state index contributed by atoms with van der Waals surface area (Å²) in [5, 5.41) is 8.62. The molecule has 74 valence electrons. The van der Waals surface area contributed by atoms with E-state index in [1.54, 1.807) is 6.07 Å². The molecule has 1 heterocycles. The molecule has 2 heteroatoms. The Kier molecular flexibility index (Phi) is 3.24. The van der Waals surface area contributed by atoms with Crippen LogP contribution in [0.25, 0.3) is 0 Å². The Morgan fingerprint density at radius 3 is 2.57 bits per heavy atom. The zero-order valence-electron chi connectivity index (χ0n) is 9.04. The summed E-state index contributed by atoms with van der Waals surface area (Å²) in [6.45, 7) is 6.60. The highest BCUT2D eigenvalue weighted by molar-refractivity contribution is 5.27. The Labute approximate surface area is 85.6 Å². The van der Waals surface area contributed by atoms with Crippen molar-refractivity contribution in [1.29, 1.82) is 5.26 Å². The maximum absolute atomic E-state index is 8.62. The third-order valence-electron chi connectivity index (χ3n) is 2.53. The molecule has 0 aliphatic heterocycles. The van der Waals surface area contributed by atoms with Crippen LogP contribution in [-0.2, 0) is 5.41 Å². The van der Waals surface area contributed by atoms with Crippen LogP contribution < -0.4 is 0 Å². The summed E-state index contributed by atoms with van der Waals surface area (Å²) in [5.74, 6) is 0. The highest BCUT2D eigenvalue weighted by Crippen LogP contribution is 2.27. The van der Waals surface area contributed by atoms with Gasteiger partial charge in [-0.1, -0.05) is 33.3 Å². The van der Waals surface area contributed by atoms with E-state index in [0.717, 1.165) is 12.8 Å². The molecule has 0 bridgehead atoms. The molecule has 2 nitrogen and oxygen atoms in total. The quantitative estimate of drug-likeness (QED) is 0.731. The van der Waals surface area contributed by atoms with Crippen LogP contribution in [0, 0.1) is 11.3 Å². The second-order valence-electron chi connectivity index (χ2n) is 4.18. The van der Waals surface area contributed by atoms with E-state index in [0.29, 0.717) is 5.69 Å². The van der Waals surface area contributed by atoms with E-state index < -0.39 is 0 Å². The minimum absolute atomic E-state index is 0.162. The van der Waals surface area contributed by atoms with E-state index in [1.165, 1.54) is 5.56 Å². The van der Waals surface area contributed by atoms with Crippen LogP contribution in [0.1, 0.15) is 44.9 Å². The van der Waals surface area contributed by atoms with Gasteiger partial charge in [-0.2, -0.15) is 5.26 Å². The van der Waals surface area contributed by atoms with Crippen LogP contribution >= 0.6 is 0 Å². The van der Waals surface area contributed by atoms with E-state index in [2.05, 4.69) is 25.8 Å². The molecule has 0 aromatic carbocycles. The first-order valence-corrected chi connectivity index (χ1v) is 4.97. The van der Waals surface area contributed by atoms with Crippen molar-refractivity contribution in [2.45, 2.75) is 39.0 Å². The first kappa shape index (κ1) is 10.7. The lowest BCUT2D eigenvalue weighted by molar-refractivity contribution is 0.471. The van der Waals surface area contributed by atoms with Crippen LogP contribution in [-0.4, -0.2) is 4.98 Å². The average Bonchev–Trinajstić information content (AvgIpc) is 2.18. The lowest BCUT2D eigenvalue weighted by atomic mass is 9.81. The third kappa shape index (κ3) is 2.32. The molecule has 0 N–H and O–H groups in total. The van der Waals surface area contributed by atoms with Gasteiger partial charge in [-0.05, 0) is 23.5 Å². The van der Waals surface area contributed by atoms with Crippen LogP contribution in [0.4, 0.5) is 0 Å². The van der Waals surface area contributed by atoms with Gasteiger partial charge in [0.1, 0.15) is 11.8 Å². The van der Waals surface area contributed by atoms with Crippen molar-refractivity contribution in [3.8, 4) is 6.07 Å². The fourth-order valence-electron chi connectivity index (χ4n) is 1.63. The highest BCUT2D eigenvalue weighted by Gasteiger charge is 2.19. The molecule has 0 spiro atoms. The Morgan fingerprint density at radius 1 is 1.43 bits per heavy atom. The van der Waals surface area contributed by atoms with E-state index >= 15 is 0 Å². The molecule has 1 aromatic rings.